The summed E-state index contributed by atoms with van der Waals surface area (Å²) >= 11 is 6.04. The number of aromatic nitrogens is 2. The third-order valence-electron chi connectivity index (χ3n) is 3.67. The van der Waals surface area contributed by atoms with Crippen LogP contribution in [0.5, 0.6) is 0 Å². The molecule has 0 amide bonds. The highest BCUT2D eigenvalue weighted by Crippen LogP contribution is 2.24. The number of rotatable bonds is 6. The van der Waals surface area contributed by atoms with Gasteiger partial charge in [0.25, 0.3) is 0 Å². The fourth-order valence-electron chi connectivity index (χ4n) is 2.45. The van der Waals surface area contributed by atoms with E-state index in [9.17, 15) is 5.11 Å². The van der Waals surface area contributed by atoms with Crippen molar-refractivity contribution >= 4 is 11.6 Å². The first-order valence-corrected chi connectivity index (χ1v) is 7.69. The Kier molecular flexibility index (Phi) is 4.52. The van der Waals surface area contributed by atoms with Crippen molar-refractivity contribution in [3.8, 4) is 11.3 Å². The predicted octanol–water partition coefficient (Wildman–Crippen LogP) is 3.32. The highest BCUT2D eigenvalue weighted by atomic mass is 35.5. The van der Waals surface area contributed by atoms with E-state index in [-0.39, 0.29) is 0 Å². The molecule has 3 aromatic rings. The molecular weight excluding hydrogens is 314 g/mol. The number of nitrogens with one attached hydrogen (secondary N) is 2. The molecule has 1 unspecified atom stereocenters. The molecule has 0 saturated heterocycles. The van der Waals surface area contributed by atoms with Crippen LogP contribution >= 0.6 is 11.6 Å². The summed E-state index contributed by atoms with van der Waals surface area (Å²) in [4.78, 5) is 0. The standard InChI is InChI=1S/C17H18ClN3O2/c1-17(22,15-6-3-7-23-15)11-19-9-13-10-20-21-16(13)12-4-2-5-14(18)8-12/h2-8,10,19,22H,9,11H2,1H3,(H,20,21). The van der Waals surface area contributed by atoms with Crippen molar-refractivity contribution in [1.29, 1.82) is 0 Å². The van der Waals surface area contributed by atoms with Crippen molar-refractivity contribution in [2.24, 2.45) is 0 Å². The first kappa shape index (κ1) is 15.8. The monoisotopic (exact) mass is 331 g/mol. The fraction of sp³-hybridized carbons (Fsp3) is 0.235. The number of nitrogens with zero attached hydrogens (tertiary/aromatic N) is 1. The van der Waals surface area contributed by atoms with Crippen molar-refractivity contribution in [2.75, 3.05) is 6.54 Å². The van der Waals surface area contributed by atoms with Gasteiger partial charge in [0.2, 0.25) is 0 Å². The smallest absolute Gasteiger partial charge is 0.136 e. The second kappa shape index (κ2) is 6.58. The molecule has 2 heterocycles. The summed E-state index contributed by atoms with van der Waals surface area (Å²) in [6.07, 6.45) is 3.32. The van der Waals surface area contributed by atoms with Gasteiger partial charge in [-0.3, -0.25) is 5.10 Å². The number of hydrogen-bond donors (Lipinski definition) is 3. The van der Waals surface area contributed by atoms with E-state index >= 15 is 0 Å². The van der Waals surface area contributed by atoms with Crippen LogP contribution in [0.15, 0.2) is 53.3 Å². The van der Waals surface area contributed by atoms with Crippen LogP contribution in [-0.4, -0.2) is 21.8 Å². The SMILES string of the molecule is CC(O)(CNCc1cn[nH]c1-c1cccc(Cl)c1)c1ccco1. The summed E-state index contributed by atoms with van der Waals surface area (Å²) in [5, 5.41) is 21.4. The zero-order valence-electron chi connectivity index (χ0n) is 12.7. The number of H-pyrrole nitrogens is 1. The van der Waals surface area contributed by atoms with Crippen LogP contribution in [0.2, 0.25) is 5.02 Å². The van der Waals surface area contributed by atoms with E-state index in [4.69, 9.17) is 16.0 Å². The average molecular weight is 332 g/mol. The Morgan fingerprint density at radius 3 is 2.96 bits per heavy atom. The van der Waals surface area contributed by atoms with E-state index < -0.39 is 5.60 Å². The normalized spacial score (nSPS) is 13.9. The molecule has 120 valence electrons. The van der Waals surface area contributed by atoms with E-state index in [0.29, 0.717) is 23.9 Å². The fourth-order valence-corrected chi connectivity index (χ4v) is 2.64. The van der Waals surface area contributed by atoms with Crippen molar-refractivity contribution in [1.82, 2.24) is 15.5 Å². The molecule has 0 aliphatic rings. The lowest BCUT2D eigenvalue weighted by Crippen LogP contribution is -2.34. The van der Waals surface area contributed by atoms with E-state index in [1.807, 2.05) is 24.3 Å². The summed E-state index contributed by atoms with van der Waals surface area (Å²) in [5.41, 5.74) is 1.83. The molecule has 5 nitrogen and oxygen atoms in total. The quantitative estimate of drug-likeness (QED) is 0.647. The summed E-state index contributed by atoms with van der Waals surface area (Å²) in [6.45, 7) is 2.64. The Hall–Kier alpha value is -2.08. The molecule has 23 heavy (non-hydrogen) atoms. The van der Waals surface area contributed by atoms with Crippen molar-refractivity contribution in [2.45, 2.75) is 19.1 Å². The minimum absolute atomic E-state index is 0.362. The molecular formula is C17H18ClN3O2. The molecule has 3 N–H and O–H groups in total. The summed E-state index contributed by atoms with van der Waals surface area (Å²) in [7, 11) is 0. The zero-order chi connectivity index (χ0) is 16.3. The van der Waals surface area contributed by atoms with Crippen LogP contribution in [0.25, 0.3) is 11.3 Å². The van der Waals surface area contributed by atoms with Crippen LogP contribution in [0.4, 0.5) is 0 Å². The molecule has 0 spiro atoms. The molecule has 6 heteroatoms. The van der Waals surface area contributed by atoms with Gasteiger partial charge in [0.1, 0.15) is 11.4 Å². The molecule has 3 rings (SSSR count). The first-order chi connectivity index (χ1) is 11.1. The predicted molar refractivity (Wildman–Crippen MR) is 89.0 cm³/mol. The van der Waals surface area contributed by atoms with E-state index in [1.165, 1.54) is 0 Å². The first-order valence-electron chi connectivity index (χ1n) is 7.31. The Bertz CT molecular complexity index is 766. The molecule has 0 aliphatic carbocycles. The maximum absolute atomic E-state index is 10.4. The van der Waals surface area contributed by atoms with E-state index in [0.717, 1.165) is 16.8 Å². The van der Waals surface area contributed by atoms with Gasteiger partial charge in [-0.1, -0.05) is 23.7 Å². The van der Waals surface area contributed by atoms with Crippen LogP contribution in [0, 0.1) is 0 Å². The molecule has 0 aliphatic heterocycles. The minimum atomic E-state index is -1.07. The Labute approximate surface area is 139 Å². The van der Waals surface area contributed by atoms with Gasteiger partial charge < -0.3 is 14.8 Å². The average Bonchev–Trinajstić information content (AvgIpc) is 3.19. The summed E-state index contributed by atoms with van der Waals surface area (Å²) in [6, 6.07) is 11.1. The van der Waals surface area contributed by atoms with E-state index in [2.05, 4.69) is 15.5 Å². The maximum Gasteiger partial charge on any atom is 0.136 e. The van der Waals surface area contributed by atoms with Crippen LogP contribution in [0.1, 0.15) is 18.2 Å². The van der Waals surface area contributed by atoms with Crippen LogP contribution < -0.4 is 5.32 Å². The van der Waals surface area contributed by atoms with Crippen molar-refractivity contribution < 1.29 is 9.52 Å². The van der Waals surface area contributed by atoms with Gasteiger partial charge in [-0.15, -0.1) is 0 Å². The number of hydrogen-bond acceptors (Lipinski definition) is 4. The Morgan fingerprint density at radius 2 is 2.22 bits per heavy atom. The number of halogens is 1. The molecule has 1 aromatic carbocycles. The molecule has 0 radical (unpaired) electrons. The van der Waals surface area contributed by atoms with Crippen LogP contribution in [-0.2, 0) is 12.1 Å². The largest absolute Gasteiger partial charge is 0.466 e. The second-order valence-electron chi connectivity index (χ2n) is 5.64. The number of aliphatic hydroxyl groups is 1. The van der Waals surface area contributed by atoms with Gasteiger partial charge in [0, 0.05) is 29.2 Å². The van der Waals surface area contributed by atoms with Crippen molar-refractivity contribution in [3.05, 3.63) is 65.2 Å². The second-order valence-corrected chi connectivity index (χ2v) is 6.07. The van der Waals surface area contributed by atoms with Gasteiger partial charge in [0.15, 0.2) is 0 Å². The third-order valence-corrected chi connectivity index (χ3v) is 3.90. The van der Waals surface area contributed by atoms with Gasteiger partial charge in [-0.2, -0.15) is 5.10 Å². The maximum atomic E-state index is 10.4. The van der Waals surface area contributed by atoms with Gasteiger partial charge in [0.05, 0.1) is 18.2 Å². The number of furan rings is 1. The van der Waals surface area contributed by atoms with E-state index in [1.54, 1.807) is 31.5 Å². The zero-order valence-corrected chi connectivity index (χ0v) is 13.5. The molecule has 2 aromatic heterocycles. The van der Waals surface area contributed by atoms with Crippen molar-refractivity contribution in [3.63, 3.8) is 0 Å². The Balaban J connectivity index is 1.67. The molecule has 0 saturated carbocycles. The van der Waals surface area contributed by atoms with Gasteiger partial charge >= 0.3 is 0 Å². The lowest BCUT2D eigenvalue weighted by molar-refractivity contribution is 0.0340. The minimum Gasteiger partial charge on any atom is -0.466 e. The highest BCUT2D eigenvalue weighted by Gasteiger charge is 2.25. The molecule has 0 fully saturated rings. The topological polar surface area (TPSA) is 74.1 Å². The lowest BCUT2D eigenvalue weighted by Gasteiger charge is -2.21. The van der Waals surface area contributed by atoms with Gasteiger partial charge in [-0.25, -0.2) is 0 Å². The lowest BCUT2D eigenvalue weighted by atomic mass is 10.0. The molecule has 1 atom stereocenters. The van der Waals surface area contributed by atoms with Gasteiger partial charge in [-0.05, 0) is 31.2 Å². The van der Waals surface area contributed by atoms with Crippen LogP contribution in [0.3, 0.4) is 0 Å². The number of benzene rings is 1. The Morgan fingerprint density at radius 1 is 1.35 bits per heavy atom. The molecule has 0 bridgehead atoms. The third kappa shape index (κ3) is 3.64. The highest BCUT2D eigenvalue weighted by molar-refractivity contribution is 6.30. The summed E-state index contributed by atoms with van der Waals surface area (Å²) < 4.78 is 5.27. The summed E-state index contributed by atoms with van der Waals surface area (Å²) in [5.74, 6) is 0.534. The number of aromatic amines is 1.